The summed E-state index contributed by atoms with van der Waals surface area (Å²) in [6.45, 7) is 4.03. The van der Waals surface area contributed by atoms with Gasteiger partial charge in [0.2, 0.25) is 11.8 Å². The van der Waals surface area contributed by atoms with Gasteiger partial charge in [0, 0.05) is 11.1 Å². The molecule has 0 fully saturated rings. The predicted molar refractivity (Wildman–Crippen MR) is 164 cm³/mol. The number of aromatic nitrogens is 2. The third-order valence-electron chi connectivity index (χ3n) is 6.05. The average molecular weight is 557 g/mol. The first-order valence-corrected chi connectivity index (χ1v) is 13.2. The molecule has 0 saturated heterocycles. The highest BCUT2D eigenvalue weighted by Crippen LogP contribution is 2.27. The van der Waals surface area contributed by atoms with E-state index >= 15 is 0 Å². The van der Waals surface area contributed by atoms with Crippen molar-refractivity contribution in [1.82, 2.24) is 9.97 Å². The molecule has 0 radical (unpaired) electrons. The standard InChI is InChI=1S/2C17H14N2O2/c2*1-12-7-9-14(10-8-12)18-11-15-17(20)21-16(19-15)13-5-3-2-4-6-13/h2*2-11,20H,1H3. The van der Waals surface area contributed by atoms with Gasteiger partial charge in [-0.1, -0.05) is 71.8 Å². The van der Waals surface area contributed by atoms with Crippen molar-refractivity contribution in [3.05, 3.63) is 132 Å². The smallest absolute Gasteiger partial charge is 0.312 e. The third-order valence-corrected chi connectivity index (χ3v) is 6.05. The number of oxazole rings is 2. The van der Waals surface area contributed by atoms with Crippen molar-refractivity contribution in [3.8, 4) is 34.8 Å². The molecule has 6 rings (SSSR count). The van der Waals surface area contributed by atoms with Crippen LogP contribution in [0, 0.1) is 13.8 Å². The van der Waals surface area contributed by atoms with Crippen molar-refractivity contribution in [2.24, 2.45) is 9.98 Å². The Kier molecular flexibility index (Phi) is 8.64. The van der Waals surface area contributed by atoms with E-state index in [0.29, 0.717) is 23.2 Å². The molecule has 0 saturated carbocycles. The number of aryl methyl sites for hydroxylation is 2. The van der Waals surface area contributed by atoms with Crippen molar-refractivity contribution in [1.29, 1.82) is 0 Å². The first kappa shape index (κ1) is 27.8. The summed E-state index contributed by atoms with van der Waals surface area (Å²) < 4.78 is 10.5. The van der Waals surface area contributed by atoms with E-state index in [1.165, 1.54) is 23.6 Å². The van der Waals surface area contributed by atoms with Crippen LogP contribution in [0.2, 0.25) is 0 Å². The van der Waals surface area contributed by atoms with E-state index in [2.05, 4.69) is 20.0 Å². The minimum atomic E-state index is -0.232. The van der Waals surface area contributed by atoms with Crippen LogP contribution >= 0.6 is 0 Å². The monoisotopic (exact) mass is 556 g/mol. The largest absolute Gasteiger partial charge is 0.479 e. The molecular weight excluding hydrogens is 528 g/mol. The van der Waals surface area contributed by atoms with Gasteiger partial charge in [0.15, 0.2) is 11.4 Å². The molecule has 8 heteroatoms. The van der Waals surface area contributed by atoms with E-state index in [4.69, 9.17) is 8.83 Å². The molecule has 0 aliphatic heterocycles. The van der Waals surface area contributed by atoms with E-state index in [-0.39, 0.29) is 11.9 Å². The highest BCUT2D eigenvalue weighted by molar-refractivity contribution is 5.83. The van der Waals surface area contributed by atoms with Crippen LogP contribution < -0.4 is 0 Å². The van der Waals surface area contributed by atoms with Crippen LogP contribution in [0.5, 0.6) is 11.9 Å². The number of hydrogen-bond donors (Lipinski definition) is 2. The number of nitrogens with zero attached hydrogens (tertiary/aromatic N) is 4. The quantitative estimate of drug-likeness (QED) is 0.200. The van der Waals surface area contributed by atoms with Gasteiger partial charge in [-0.2, -0.15) is 0 Å². The van der Waals surface area contributed by atoms with Gasteiger partial charge in [-0.25, -0.2) is 9.97 Å². The maximum atomic E-state index is 9.79. The lowest BCUT2D eigenvalue weighted by molar-refractivity contribution is 0.336. The summed E-state index contributed by atoms with van der Waals surface area (Å²) in [6, 6.07) is 34.4. The van der Waals surface area contributed by atoms with E-state index < -0.39 is 0 Å². The molecule has 2 aromatic heterocycles. The fourth-order valence-corrected chi connectivity index (χ4v) is 3.76. The summed E-state index contributed by atoms with van der Waals surface area (Å²) in [5.41, 5.74) is 6.18. The zero-order valence-corrected chi connectivity index (χ0v) is 23.0. The van der Waals surface area contributed by atoms with Crippen molar-refractivity contribution in [2.45, 2.75) is 13.8 Å². The predicted octanol–water partition coefficient (Wildman–Crippen LogP) is 8.21. The van der Waals surface area contributed by atoms with Gasteiger partial charge < -0.3 is 19.0 Å². The lowest BCUT2D eigenvalue weighted by Gasteiger charge is -1.93. The Labute approximate surface area is 243 Å². The Morgan fingerprint density at radius 2 is 0.881 bits per heavy atom. The van der Waals surface area contributed by atoms with E-state index in [1.54, 1.807) is 0 Å². The normalized spacial score (nSPS) is 11.1. The van der Waals surface area contributed by atoms with Crippen LogP contribution in [-0.4, -0.2) is 32.6 Å². The molecule has 0 amide bonds. The molecule has 0 aliphatic rings. The zero-order chi connectivity index (χ0) is 29.3. The zero-order valence-electron chi connectivity index (χ0n) is 23.0. The lowest BCUT2D eigenvalue weighted by Crippen LogP contribution is -1.82. The molecule has 0 unspecified atom stereocenters. The van der Waals surface area contributed by atoms with E-state index in [9.17, 15) is 10.2 Å². The molecule has 2 N–H and O–H groups in total. The van der Waals surface area contributed by atoms with Gasteiger partial charge in [0.25, 0.3) is 0 Å². The van der Waals surface area contributed by atoms with Crippen LogP contribution in [0.15, 0.2) is 128 Å². The summed E-state index contributed by atoms with van der Waals surface area (Å²) in [4.78, 5) is 17.0. The minimum absolute atomic E-state index is 0.232. The molecule has 2 heterocycles. The fourth-order valence-electron chi connectivity index (χ4n) is 3.76. The van der Waals surface area contributed by atoms with Gasteiger partial charge in [-0.3, -0.25) is 9.98 Å². The van der Waals surface area contributed by atoms with Crippen molar-refractivity contribution < 1.29 is 19.0 Å². The molecule has 4 aromatic carbocycles. The third kappa shape index (κ3) is 7.25. The Morgan fingerprint density at radius 3 is 1.24 bits per heavy atom. The SMILES string of the molecule is Cc1ccc(N=Cc2nc(-c3ccccc3)oc2O)cc1.Cc1ccc(N=Cc2nc(-c3ccccc3)oc2O)cc1. The number of aromatic hydroxyl groups is 2. The van der Waals surface area contributed by atoms with Gasteiger partial charge in [-0.05, 0) is 62.4 Å². The molecule has 6 aromatic rings. The highest BCUT2D eigenvalue weighted by Gasteiger charge is 2.13. The Balaban J connectivity index is 0.000000168. The van der Waals surface area contributed by atoms with Gasteiger partial charge in [-0.15, -0.1) is 0 Å². The van der Waals surface area contributed by atoms with Crippen LogP contribution in [0.25, 0.3) is 22.9 Å². The van der Waals surface area contributed by atoms with Gasteiger partial charge in [0.1, 0.15) is 0 Å². The Bertz CT molecular complexity index is 1650. The van der Waals surface area contributed by atoms with Crippen LogP contribution in [0.1, 0.15) is 22.5 Å². The van der Waals surface area contributed by atoms with Crippen LogP contribution in [0.4, 0.5) is 11.4 Å². The van der Waals surface area contributed by atoms with Crippen molar-refractivity contribution >= 4 is 23.8 Å². The second-order valence-electron chi connectivity index (χ2n) is 9.34. The van der Waals surface area contributed by atoms with Gasteiger partial charge >= 0.3 is 11.9 Å². The second kappa shape index (κ2) is 13.1. The van der Waals surface area contributed by atoms with Crippen LogP contribution in [0.3, 0.4) is 0 Å². The maximum absolute atomic E-state index is 9.79. The van der Waals surface area contributed by atoms with E-state index in [1.807, 2.05) is 123 Å². The molecule has 8 nitrogen and oxygen atoms in total. The topological polar surface area (TPSA) is 117 Å². The first-order valence-electron chi connectivity index (χ1n) is 13.2. The molecule has 0 bridgehead atoms. The molecule has 208 valence electrons. The van der Waals surface area contributed by atoms with Crippen LogP contribution in [-0.2, 0) is 0 Å². The molecule has 0 spiro atoms. The minimum Gasteiger partial charge on any atom is -0.479 e. The van der Waals surface area contributed by atoms with Crippen molar-refractivity contribution in [3.63, 3.8) is 0 Å². The molecule has 42 heavy (non-hydrogen) atoms. The summed E-state index contributed by atoms with van der Waals surface area (Å²) in [5, 5.41) is 19.6. The number of benzene rings is 4. The highest BCUT2D eigenvalue weighted by atomic mass is 16.5. The average Bonchev–Trinajstić information content (AvgIpc) is 3.59. The number of rotatable bonds is 6. The lowest BCUT2D eigenvalue weighted by atomic mass is 10.2. The van der Waals surface area contributed by atoms with Gasteiger partial charge in [0.05, 0.1) is 23.8 Å². The Morgan fingerprint density at radius 1 is 0.524 bits per heavy atom. The summed E-state index contributed by atoms with van der Waals surface area (Å²) in [6.07, 6.45) is 2.99. The molecular formula is C34H28N4O4. The Hall–Kier alpha value is -5.76. The summed E-state index contributed by atoms with van der Waals surface area (Å²) in [7, 11) is 0. The summed E-state index contributed by atoms with van der Waals surface area (Å²) >= 11 is 0. The maximum Gasteiger partial charge on any atom is 0.312 e. The molecule has 0 aliphatic carbocycles. The molecule has 0 atom stereocenters. The second-order valence-corrected chi connectivity index (χ2v) is 9.34. The fraction of sp³-hybridized carbons (Fsp3) is 0.0588. The summed E-state index contributed by atoms with van der Waals surface area (Å²) in [5.74, 6) is 0.284. The number of hydrogen-bond acceptors (Lipinski definition) is 8. The first-order chi connectivity index (χ1) is 20.4. The van der Waals surface area contributed by atoms with E-state index in [0.717, 1.165) is 22.5 Å². The van der Waals surface area contributed by atoms with Crippen molar-refractivity contribution in [2.75, 3.05) is 0 Å². The number of aliphatic imine (C=N–C) groups is 2.